The smallest absolute Gasteiger partial charge is 0.149 e. The lowest BCUT2D eigenvalue weighted by atomic mass is 10.1. The summed E-state index contributed by atoms with van der Waals surface area (Å²) in [5, 5.41) is 0. The van der Waals surface area contributed by atoms with E-state index in [0.29, 0.717) is 29.6 Å². The van der Waals surface area contributed by atoms with E-state index in [-0.39, 0.29) is 5.92 Å². The molecule has 1 aromatic carbocycles. The van der Waals surface area contributed by atoms with Crippen LogP contribution in [0.25, 0.3) is 0 Å². The first-order valence-electron chi connectivity index (χ1n) is 6.14. The zero-order valence-electron chi connectivity index (χ0n) is 11.2. The number of para-hydroxylation sites is 1. The third-order valence-electron chi connectivity index (χ3n) is 3.10. The summed E-state index contributed by atoms with van der Waals surface area (Å²) >= 11 is 0. The van der Waals surface area contributed by atoms with Crippen molar-refractivity contribution in [1.29, 1.82) is 0 Å². The van der Waals surface area contributed by atoms with Crippen LogP contribution in [0.4, 0.5) is 5.69 Å². The number of hydrogen-bond donors (Lipinski definition) is 2. The molecular formula is C13H19N3O3. The van der Waals surface area contributed by atoms with Crippen molar-refractivity contribution < 1.29 is 14.2 Å². The van der Waals surface area contributed by atoms with Gasteiger partial charge in [0.25, 0.3) is 0 Å². The molecule has 6 nitrogen and oxygen atoms in total. The second-order valence-corrected chi connectivity index (χ2v) is 4.21. The molecule has 3 N–H and O–H groups in total. The van der Waals surface area contributed by atoms with Crippen molar-refractivity contribution in [1.82, 2.24) is 5.43 Å². The van der Waals surface area contributed by atoms with Gasteiger partial charge in [-0.05, 0) is 18.6 Å². The van der Waals surface area contributed by atoms with Crippen molar-refractivity contribution in [2.45, 2.75) is 6.42 Å². The molecule has 1 aromatic rings. The maximum Gasteiger partial charge on any atom is 0.149 e. The minimum absolute atomic E-state index is 0.180. The molecule has 1 aliphatic rings. The maximum absolute atomic E-state index is 5.57. The number of nitrogens with zero attached hydrogens (tertiary/aromatic N) is 1. The fourth-order valence-corrected chi connectivity index (χ4v) is 2.05. The Morgan fingerprint density at radius 2 is 2.05 bits per heavy atom. The summed E-state index contributed by atoms with van der Waals surface area (Å²) in [7, 11) is 3.20. The topological polar surface area (TPSA) is 78.1 Å². The molecule has 0 saturated carbocycles. The second-order valence-electron chi connectivity index (χ2n) is 4.21. The lowest BCUT2D eigenvalue weighted by Crippen LogP contribution is -2.36. The zero-order valence-corrected chi connectivity index (χ0v) is 11.2. The molecule has 1 fully saturated rings. The molecule has 1 atom stereocenters. The third-order valence-corrected chi connectivity index (χ3v) is 3.10. The van der Waals surface area contributed by atoms with Crippen molar-refractivity contribution in [3.63, 3.8) is 0 Å². The van der Waals surface area contributed by atoms with Gasteiger partial charge >= 0.3 is 0 Å². The maximum atomic E-state index is 5.57. The van der Waals surface area contributed by atoms with E-state index < -0.39 is 0 Å². The number of rotatable bonds is 4. The quantitative estimate of drug-likeness (QED) is 0.370. The lowest BCUT2D eigenvalue weighted by molar-refractivity contribution is 0.193. The van der Waals surface area contributed by atoms with E-state index in [4.69, 9.17) is 20.1 Å². The Hall–Kier alpha value is -1.79. The molecule has 0 spiro atoms. The van der Waals surface area contributed by atoms with Crippen molar-refractivity contribution >= 4 is 11.5 Å². The number of nitrogens with two attached hydrogens (primary N) is 1. The third kappa shape index (κ3) is 2.97. The Balaban J connectivity index is 2.38. The van der Waals surface area contributed by atoms with Crippen LogP contribution in [0, 0.1) is 5.92 Å². The summed E-state index contributed by atoms with van der Waals surface area (Å²) < 4.78 is 16.0. The van der Waals surface area contributed by atoms with E-state index in [1.807, 2.05) is 18.2 Å². The van der Waals surface area contributed by atoms with Gasteiger partial charge in [-0.1, -0.05) is 6.07 Å². The first kappa shape index (κ1) is 13.6. The number of benzene rings is 1. The predicted molar refractivity (Wildman–Crippen MR) is 72.9 cm³/mol. The van der Waals surface area contributed by atoms with E-state index >= 15 is 0 Å². The molecule has 0 amide bonds. The van der Waals surface area contributed by atoms with E-state index in [0.717, 1.165) is 13.0 Å². The van der Waals surface area contributed by atoms with E-state index in [1.165, 1.54) is 0 Å². The van der Waals surface area contributed by atoms with E-state index in [2.05, 4.69) is 10.4 Å². The molecule has 0 aromatic heterocycles. The number of methoxy groups -OCH3 is 2. The number of ether oxygens (including phenoxy) is 3. The minimum Gasteiger partial charge on any atom is -0.494 e. The minimum atomic E-state index is 0.180. The number of aliphatic imine (C=N–C) groups is 1. The Morgan fingerprint density at radius 3 is 2.53 bits per heavy atom. The van der Waals surface area contributed by atoms with Crippen molar-refractivity contribution in [2.75, 3.05) is 27.4 Å². The van der Waals surface area contributed by atoms with Crippen LogP contribution in [0.15, 0.2) is 23.2 Å². The van der Waals surface area contributed by atoms with Gasteiger partial charge in [-0.15, -0.1) is 0 Å². The van der Waals surface area contributed by atoms with Crippen LogP contribution in [-0.4, -0.2) is 33.3 Å². The standard InChI is InChI=1S/C13H19N3O3/c1-17-10-4-3-5-11(18-2)12(10)15-13(16-14)9-6-7-19-8-9/h3-5,9H,6-8,14H2,1-2H3,(H,15,16). The Morgan fingerprint density at radius 1 is 1.37 bits per heavy atom. The molecule has 1 saturated heterocycles. The van der Waals surface area contributed by atoms with Gasteiger partial charge in [-0.3, -0.25) is 0 Å². The Bertz CT molecular complexity index is 434. The van der Waals surface area contributed by atoms with Gasteiger partial charge in [0.1, 0.15) is 23.0 Å². The summed E-state index contributed by atoms with van der Waals surface area (Å²) in [6.45, 7) is 1.36. The normalized spacial score (nSPS) is 19.3. The first-order chi connectivity index (χ1) is 9.30. The summed E-state index contributed by atoms with van der Waals surface area (Å²) in [6.07, 6.45) is 0.903. The number of amidine groups is 1. The van der Waals surface area contributed by atoms with Gasteiger partial charge in [0.2, 0.25) is 0 Å². The largest absolute Gasteiger partial charge is 0.494 e. The number of nitrogens with one attached hydrogen (secondary N) is 1. The molecule has 1 heterocycles. The molecular weight excluding hydrogens is 246 g/mol. The highest BCUT2D eigenvalue weighted by Crippen LogP contribution is 2.37. The summed E-state index contributed by atoms with van der Waals surface area (Å²) in [6, 6.07) is 5.52. The van der Waals surface area contributed by atoms with Crippen molar-refractivity contribution in [3.05, 3.63) is 18.2 Å². The highest BCUT2D eigenvalue weighted by atomic mass is 16.5. The molecule has 6 heteroatoms. The number of hydrazine groups is 1. The SMILES string of the molecule is COc1cccc(OC)c1N=C(NN)C1CCOC1. The van der Waals surface area contributed by atoms with Crippen molar-refractivity contribution in [2.24, 2.45) is 16.8 Å². The average molecular weight is 265 g/mol. The monoisotopic (exact) mass is 265 g/mol. The first-order valence-corrected chi connectivity index (χ1v) is 6.14. The van der Waals surface area contributed by atoms with Crippen molar-refractivity contribution in [3.8, 4) is 11.5 Å². The van der Waals surface area contributed by atoms with Gasteiger partial charge in [0.15, 0.2) is 0 Å². The van der Waals surface area contributed by atoms with Crippen LogP contribution in [0.3, 0.4) is 0 Å². The van der Waals surface area contributed by atoms with E-state index in [9.17, 15) is 0 Å². The highest BCUT2D eigenvalue weighted by molar-refractivity contribution is 5.88. The Kier molecular flexibility index (Phi) is 4.59. The van der Waals surface area contributed by atoms with Crippen LogP contribution in [0.2, 0.25) is 0 Å². The van der Waals surface area contributed by atoms with Gasteiger partial charge in [-0.2, -0.15) is 0 Å². The predicted octanol–water partition coefficient (Wildman–Crippen LogP) is 1.23. The average Bonchev–Trinajstić information content (AvgIpc) is 2.98. The Labute approximate surface area is 112 Å². The molecule has 1 aliphatic heterocycles. The lowest BCUT2D eigenvalue weighted by Gasteiger charge is -2.14. The molecule has 0 radical (unpaired) electrons. The van der Waals surface area contributed by atoms with Crippen LogP contribution in [0.1, 0.15) is 6.42 Å². The molecule has 0 bridgehead atoms. The molecule has 2 rings (SSSR count). The summed E-state index contributed by atoms with van der Waals surface area (Å²) in [5.74, 6) is 7.72. The molecule has 1 unspecified atom stereocenters. The zero-order chi connectivity index (χ0) is 13.7. The fourth-order valence-electron chi connectivity index (χ4n) is 2.05. The van der Waals surface area contributed by atoms with Gasteiger partial charge in [0, 0.05) is 12.5 Å². The molecule has 0 aliphatic carbocycles. The number of hydrogen-bond acceptors (Lipinski definition) is 5. The van der Waals surface area contributed by atoms with E-state index in [1.54, 1.807) is 14.2 Å². The van der Waals surface area contributed by atoms with Crippen LogP contribution in [0.5, 0.6) is 11.5 Å². The summed E-state index contributed by atoms with van der Waals surface area (Å²) in [4.78, 5) is 4.55. The molecule has 104 valence electrons. The van der Waals surface area contributed by atoms with Crippen LogP contribution < -0.4 is 20.7 Å². The van der Waals surface area contributed by atoms with Gasteiger partial charge < -0.3 is 19.6 Å². The highest BCUT2D eigenvalue weighted by Gasteiger charge is 2.22. The van der Waals surface area contributed by atoms with Crippen LogP contribution >= 0.6 is 0 Å². The summed E-state index contributed by atoms with van der Waals surface area (Å²) in [5.41, 5.74) is 3.29. The molecule has 19 heavy (non-hydrogen) atoms. The van der Waals surface area contributed by atoms with Gasteiger partial charge in [-0.25, -0.2) is 10.8 Å². The van der Waals surface area contributed by atoms with Gasteiger partial charge in [0.05, 0.1) is 20.8 Å². The van der Waals surface area contributed by atoms with Crippen LogP contribution in [-0.2, 0) is 4.74 Å². The fraction of sp³-hybridized carbons (Fsp3) is 0.462. The second kappa shape index (κ2) is 6.40.